The summed E-state index contributed by atoms with van der Waals surface area (Å²) in [6.45, 7) is 2.99. The minimum Gasteiger partial charge on any atom is -0.507 e. The molecule has 0 radical (unpaired) electrons. The van der Waals surface area contributed by atoms with Gasteiger partial charge in [-0.1, -0.05) is 48.5 Å². The fraction of sp³-hybridized carbons (Fsp3) is 0.250. The number of nitrogens with zero attached hydrogens (tertiary/aromatic N) is 1. The van der Waals surface area contributed by atoms with Crippen LogP contribution in [0, 0.1) is 6.92 Å². The number of phenols is 1. The first-order valence-electron chi connectivity index (χ1n) is 11.3. The maximum Gasteiger partial charge on any atom is 0.200 e. The Balaban J connectivity index is 1.57. The number of hydrogen-bond donors (Lipinski definition) is 1. The summed E-state index contributed by atoms with van der Waals surface area (Å²) in [5.74, 6) is 1.54. The molecule has 1 N–H and O–H groups in total. The standard InChI is InChI=1S/C28H27NO4/c1-18-26(19-8-4-3-5-9-19)27(31)22-14-15-24(30)23(28(22)33-18)17-29(21-12-13-21)16-20-10-6-7-11-25(20)32-2/h3-11,14-15,21,30H,12-13,16-17H2,1-2H3. The number of benzene rings is 3. The van der Waals surface area contributed by atoms with Gasteiger partial charge in [0.15, 0.2) is 0 Å². The molecule has 1 aliphatic rings. The van der Waals surface area contributed by atoms with Crippen LogP contribution < -0.4 is 10.2 Å². The van der Waals surface area contributed by atoms with E-state index in [0.717, 1.165) is 29.7 Å². The zero-order valence-corrected chi connectivity index (χ0v) is 18.9. The third-order valence-corrected chi connectivity index (χ3v) is 6.37. The highest BCUT2D eigenvalue weighted by molar-refractivity contribution is 5.86. The van der Waals surface area contributed by atoms with Crippen LogP contribution in [0.5, 0.6) is 11.5 Å². The molecule has 1 fully saturated rings. The minimum absolute atomic E-state index is 0.0797. The molecule has 0 atom stereocenters. The van der Waals surface area contributed by atoms with Crippen molar-refractivity contribution in [2.75, 3.05) is 7.11 Å². The maximum atomic E-state index is 13.4. The number of fused-ring (bicyclic) bond motifs is 1. The highest BCUT2D eigenvalue weighted by atomic mass is 16.5. The largest absolute Gasteiger partial charge is 0.507 e. The fourth-order valence-corrected chi connectivity index (χ4v) is 4.51. The number of aryl methyl sites for hydroxylation is 1. The van der Waals surface area contributed by atoms with E-state index in [0.29, 0.717) is 47.0 Å². The summed E-state index contributed by atoms with van der Waals surface area (Å²) in [6, 6.07) is 21.2. The van der Waals surface area contributed by atoms with Crippen LogP contribution in [0.25, 0.3) is 22.1 Å². The highest BCUT2D eigenvalue weighted by Gasteiger charge is 2.31. The Morgan fingerprint density at radius 3 is 2.45 bits per heavy atom. The summed E-state index contributed by atoms with van der Waals surface area (Å²) in [4.78, 5) is 15.8. The number of methoxy groups -OCH3 is 1. The van der Waals surface area contributed by atoms with E-state index in [9.17, 15) is 9.90 Å². The molecular weight excluding hydrogens is 414 g/mol. The van der Waals surface area contributed by atoms with Crippen LogP contribution in [0.2, 0.25) is 0 Å². The van der Waals surface area contributed by atoms with Gasteiger partial charge in [-0.15, -0.1) is 0 Å². The van der Waals surface area contributed by atoms with Gasteiger partial charge in [-0.3, -0.25) is 9.69 Å². The van der Waals surface area contributed by atoms with E-state index < -0.39 is 0 Å². The monoisotopic (exact) mass is 441 g/mol. The first-order valence-corrected chi connectivity index (χ1v) is 11.3. The van der Waals surface area contributed by atoms with Gasteiger partial charge >= 0.3 is 0 Å². The molecule has 5 rings (SSSR count). The minimum atomic E-state index is -0.0797. The van der Waals surface area contributed by atoms with Gasteiger partial charge in [0.1, 0.15) is 22.8 Å². The first-order chi connectivity index (χ1) is 16.1. The van der Waals surface area contributed by atoms with Crippen molar-refractivity contribution in [2.24, 2.45) is 0 Å². The number of para-hydroxylation sites is 1. The summed E-state index contributed by atoms with van der Waals surface area (Å²) < 4.78 is 11.8. The Morgan fingerprint density at radius 1 is 1.00 bits per heavy atom. The molecule has 0 unspecified atom stereocenters. The van der Waals surface area contributed by atoms with Gasteiger partial charge in [-0.2, -0.15) is 0 Å². The Hall–Kier alpha value is -3.57. The van der Waals surface area contributed by atoms with Crippen LogP contribution in [0.3, 0.4) is 0 Å². The Kier molecular flexibility index (Phi) is 5.65. The second-order valence-electron chi connectivity index (χ2n) is 8.62. The predicted molar refractivity (Wildman–Crippen MR) is 130 cm³/mol. The van der Waals surface area contributed by atoms with Crippen LogP contribution in [-0.2, 0) is 13.1 Å². The van der Waals surface area contributed by atoms with Crippen LogP contribution in [0.15, 0.2) is 75.9 Å². The van der Waals surface area contributed by atoms with Crippen molar-refractivity contribution in [1.29, 1.82) is 0 Å². The lowest BCUT2D eigenvalue weighted by Gasteiger charge is -2.24. The van der Waals surface area contributed by atoms with E-state index in [1.165, 1.54) is 0 Å². The second kappa shape index (κ2) is 8.75. The Bertz CT molecular complexity index is 1360. The van der Waals surface area contributed by atoms with Gasteiger partial charge in [0, 0.05) is 24.7 Å². The van der Waals surface area contributed by atoms with Crippen molar-refractivity contribution in [3.05, 3.63) is 93.8 Å². The molecule has 33 heavy (non-hydrogen) atoms. The smallest absolute Gasteiger partial charge is 0.200 e. The van der Waals surface area contributed by atoms with Crippen molar-refractivity contribution in [3.8, 4) is 22.6 Å². The zero-order chi connectivity index (χ0) is 22.9. The molecule has 5 nitrogen and oxygen atoms in total. The van der Waals surface area contributed by atoms with E-state index in [1.54, 1.807) is 19.2 Å². The molecule has 0 saturated heterocycles. The van der Waals surface area contributed by atoms with Gasteiger partial charge in [0.05, 0.1) is 23.6 Å². The van der Waals surface area contributed by atoms with E-state index in [1.807, 2.05) is 55.5 Å². The lowest BCUT2D eigenvalue weighted by Crippen LogP contribution is -2.25. The van der Waals surface area contributed by atoms with Crippen molar-refractivity contribution in [1.82, 2.24) is 4.90 Å². The van der Waals surface area contributed by atoms with Crippen molar-refractivity contribution in [3.63, 3.8) is 0 Å². The van der Waals surface area contributed by atoms with E-state index in [4.69, 9.17) is 9.15 Å². The molecule has 1 aromatic heterocycles. The Morgan fingerprint density at radius 2 is 1.73 bits per heavy atom. The van der Waals surface area contributed by atoms with Crippen LogP contribution >= 0.6 is 0 Å². The first kappa shape index (κ1) is 21.3. The van der Waals surface area contributed by atoms with Gasteiger partial charge in [-0.05, 0) is 43.5 Å². The number of hydrogen-bond acceptors (Lipinski definition) is 5. The quantitative estimate of drug-likeness (QED) is 0.402. The summed E-state index contributed by atoms with van der Waals surface area (Å²) in [6.07, 6.45) is 2.23. The molecule has 1 saturated carbocycles. The third-order valence-electron chi connectivity index (χ3n) is 6.37. The number of aromatic hydroxyl groups is 1. The molecule has 0 bridgehead atoms. The van der Waals surface area contributed by atoms with Crippen LogP contribution in [0.1, 0.15) is 29.7 Å². The van der Waals surface area contributed by atoms with E-state index in [2.05, 4.69) is 11.0 Å². The number of rotatable bonds is 7. The lowest BCUT2D eigenvalue weighted by atomic mass is 10.0. The highest BCUT2D eigenvalue weighted by Crippen LogP contribution is 2.36. The SMILES string of the molecule is COc1ccccc1CN(Cc1c(O)ccc2c(=O)c(-c3ccccc3)c(C)oc12)C1CC1. The molecule has 0 amide bonds. The predicted octanol–water partition coefficient (Wildman–Crippen LogP) is 5.65. The molecule has 3 aromatic carbocycles. The fourth-order valence-electron chi connectivity index (χ4n) is 4.51. The van der Waals surface area contributed by atoms with Crippen molar-refractivity contribution >= 4 is 11.0 Å². The summed E-state index contributed by atoms with van der Waals surface area (Å²) in [7, 11) is 1.68. The van der Waals surface area contributed by atoms with Gasteiger partial charge in [0.2, 0.25) is 5.43 Å². The van der Waals surface area contributed by atoms with E-state index >= 15 is 0 Å². The number of ether oxygens (including phenoxy) is 1. The molecule has 0 aliphatic heterocycles. The lowest BCUT2D eigenvalue weighted by molar-refractivity contribution is 0.238. The van der Waals surface area contributed by atoms with Gasteiger partial charge < -0.3 is 14.3 Å². The summed E-state index contributed by atoms with van der Waals surface area (Å²) in [5.41, 5.74) is 3.51. The van der Waals surface area contributed by atoms with Gasteiger partial charge in [-0.25, -0.2) is 0 Å². The number of phenolic OH excluding ortho intramolecular Hbond substituents is 1. The Labute approximate surface area is 192 Å². The molecule has 168 valence electrons. The normalized spacial score (nSPS) is 13.5. The van der Waals surface area contributed by atoms with Gasteiger partial charge in [0.25, 0.3) is 0 Å². The topological polar surface area (TPSA) is 62.9 Å². The van der Waals surface area contributed by atoms with E-state index in [-0.39, 0.29) is 11.2 Å². The molecule has 4 aromatic rings. The molecule has 1 aliphatic carbocycles. The van der Waals surface area contributed by atoms with Crippen LogP contribution in [-0.4, -0.2) is 23.2 Å². The third kappa shape index (κ3) is 4.12. The maximum absolute atomic E-state index is 13.4. The molecular formula is C28H27NO4. The van der Waals surface area contributed by atoms with Crippen molar-refractivity contribution in [2.45, 2.75) is 38.9 Å². The molecule has 1 heterocycles. The average molecular weight is 442 g/mol. The van der Waals surface area contributed by atoms with Crippen molar-refractivity contribution < 1.29 is 14.3 Å². The summed E-state index contributed by atoms with van der Waals surface area (Å²) >= 11 is 0. The molecule has 0 spiro atoms. The molecule has 5 heteroatoms. The van der Waals surface area contributed by atoms with Crippen LogP contribution in [0.4, 0.5) is 0 Å². The second-order valence-corrected chi connectivity index (χ2v) is 8.62. The zero-order valence-electron chi connectivity index (χ0n) is 18.9. The average Bonchev–Trinajstić information content (AvgIpc) is 3.67. The summed E-state index contributed by atoms with van der Waals surface area (Å²) in [5, 5.41) is 11.3.